The number of benzene rings is 1. The van der Waals surface area contributed by atoms with E-state index >= 15 is 0 Å². The van der Waals surface area contributed by atoms with Crippen molar-refractivity contribution in [2.75, 3.05) is 0 Å². The number of imidazole rings is 1. The minimum atomic E-state index is -0.0766. The van der Waals surface area contributed by atoms with Crippen molar-refractivity contribution in [2.24, 2.45) is 10.8 Å². The molecule has 4 heteroatoms. The largest absolute Gasteiger partial charge is 0.322 e. The van der Waals surface area contributed by atoms with Crippen molar-refractivity contribution >= 4 is 45.2 Å². The van der Waals surface area contributed by atoms with Gasteiger partial charge in [0.2, 0.25) is 0 Å². The van der Waals surface area contributed by atoms with Crippen LogP contribution < -0.4 is 0 Å². The van der Waals surface area contributed by atoms with Gasteiger partial charge < -0.3 is 4.57 Å². The quantitative estimate of drug-likeness (QED) is 0.476. The number of hydrogen-bond donors (Lipinski definition) is 0. The van der Waals surface area contributed by atoms with Gasteiger partial charge in [0.1, 0.15) is 5.82 Å². The molecule has 1 unspecified atom stereocenters. The Labute approximate surface area is 139 Å². The van der Waals surface area contributed by atoms with E-state index in [2.05, 4.69) is 73.1 Å². The van der Waals surface area contributed by atoms with Crippen LogP contribution in [0.15, 0.2) is 18.2 Å². The molecule has 0 bridgehead atoms. The van der Waals surface area contributed by atoms with Crippen molar-refractivity contribution in [3.8, 4) is 0 Å². The number of alkyl halides is 1. The van der Waals surface area contributed by atoms with E-state index < -0.39 is 0 Å². The molecule has 1 aliphatic rings. The number of fused-ring (bicyclic) bond motifs is 1. The molecule has 1 heterocycles. The van der Waals surface area contributed by atoms with Crippen molar-refractivity contribution in [1.29, 1.82) is 0 Å². The number of halogens is 2. The summed E-state index contributed by atoms with van der Waals surface area (Å²) < 4.78 is 3.59. The van der Waals surface area contributed by atoms with Crippen molar-refractivity contribution in [3.05, 3.63) is 27.6 Å². The third-order valence-electron chi connectivity index (χ3n) is 5.24. The third-order valence-corrected chi connectivity index (χ3v) is 6.10. The third kappa shape index (κ3) is 1.85. The Bertz CT molecular complexity index is 671. The Morgan fingerprint density at radius 3 is 2.35 bits per heavy atom. The second kappa shape index (κ2) is 4.35. The lowest BCUT2D eigenvalue weighted by molar-refractivity contribution is 0.457. The van der Waals surface area contributed by atoms with Crippen LogP contribution in [0.4, 0.5) is 0 Å². The highest BCUT2D eigenvalue weighted by atomic mass is 127. The summed E-state index contributed by atoms with van der Waals surface area (Å²) in [7, 11) is 0. The van der Waals surface area contributed by atoms with Gasteiger partial charge in [-0.2, -0.15) is 0 Å². The summed E-state index contributed by atoms with van der Waals surface area (Å²) >= 11 is 8.72. The summed E-state index contributed by atoms with van der Waals surface area (Å²) in [6.07, 6.45) is 0. The lowest BCUT2D eigenvalue weighted by atomic mass is 10.0. The maximum Gasteiger partial charge on any atom is 0.128 e. The van der Waals surface area contributed by atoms with E-state index in [0.29, 0.717) is 6.04 Å². The highest BCUT2D eigenvalue weighted by molar-refractivity contribution is 14.1. The minimum Gasteiger partial charge on any atom is -0.322 e. The van der Waals surface area contributed by atoms with Gasteiger partial charge in [0, 0.05) is 9.61 Å². The fraction of sp³-hybridized carbons (Fsp3) is 0.562. The van der Waals surface area contributed by atoms with Crippen molar-refractivity contribution in [1.82, 2.24) is 9.55 Å². The first-order valence-corrected chi connectivity index (χ1v) is 8.51. The molecule has 2 aromatic rings. The Hall–Kier alpha value is -0.290. The van der Waals surface area contributed by atoms with Crippen LogP contribution >= 0.6 is 34.2 Å². The van der Waals surface area contributed by atoms with Crippen LogP contribution in [0.5, 0.6) is 0 Å². The first-order valence-electron chi connectivity index (χ1n) is 6.99. The molecule has 1 fully saturated rings. The second-order valence-electron chi connectivity index (χ2n) is 6.93. The number of rotatable bonds is 2. The van der Waals surface area contributed by atoms with E-state index in [-0.39, 0.29) is 16.2 Å². The van der Waals surface area contributed by atoms with Crippen LogP contribution in [0, 0.1) is 14.4 Å². The number of nitrogens with zero attached hydrogens (tertiary/aromatic N) is 2. The lowest BCUT2D eigenvalue weighted by Crippen LogP contribution is -2.06. The molecule has 0 aliphatic heterocycles. The molecule has 108 valence electrons. The topological polar surface area (TPSA) is 17.8 Å². The summed E-state index contributed by atoms with van der Waals surface area (Å²) in [5.41, 5.74) is 2.79. The summed E-state index contributed by atoms with van der Waals surface area (Å²) in [5, 5.41) is -0.0766. The second-order valence-corrected chi connectivity index (χ2v) is 8.84. The first kappa shape index (κ1) is 14.6. The van der Waals surface area contributed by atoms with E-state index in [1.165, 1.54) is 9.09 Å². The molecule has 1 aromatic heterocycles. The predicted octanol–water partition coefficient (Wildman–Crippen LogP) is 5.55. The Kier molecular flexibility index (Phi) is 3.19. The van der Waals surface area contributed by atoms with Gasteiger partial charge >= 0.3 is 0 Å². The molecule has 1 aliphatic carbocycles. The molecule has 0 saturated heterocycles. The molecule has 1 saturated carbocycles. The van der Waals surface area contributed by atoms with Gasteiger partial charge in [0.05, 0.1) is 16.4 Å². The minimum absolute atomic E-state index is 0.0766. The molecule has 0 N–H and O–H groups in total. The van der Waals surface area contributed by atoms with E-state index in [1.54, 1.807) is 0 Å². The number of hydrogen-bond acceptors (Lipinski definition) is 1. The molecule has 0 spiro atoms. The molecular weight excluding hydrogens is 383 g/mol. The predicted molar refractivity (Wildman–Crippen MR) is 93.3 cm³/mol. The van der Waals surface area contributed by atoms with Crippen LogP contribution in [0.25, 0.3) is 11.0 Å². The van der Waals surface area contributed by atoms with Crippen LogP contribution in [0.2, 0.25) is 0 Å². The molecule has 0 amide bonds. The Morgan fingerprint density at radius 1 is 1.25 bits per heavy atom. The fourth-order valence-electron chi connectivity index (χ4n) is 3.45. The highest BCUT2D eigenvalue weighted by Crippen LogP contribution is 2.72. The zero-order valence-electron chi connectivity index (χ0n) is 12.5. The van der Waals surface area contributed by atoms with E-state index in [4.69, 9.17) is 16.6 Å². The SMILES string of the molecule is CC(Cl)c1nc2cc(I)ccc2n1C1C(C)(C)C1(C)C. The summed E-state index contributed by atoms with van der Waals surface area (Å²) in [6, 6.07) is 6.91. The van der Waals surface area contributed by atoms with E-state index in [9.17, 15) is 0 Å². The molecular formula is C16H20ClIN2. The molecule has 0 radical (unpaired) electrons. The molecule has 2 nitrogen and oxygen atoms in total. The van der Waals surface area contributed by atoms with Gasteiger partial charge in [0.15, 0.2) is 0 Å². The zero-order chi connectivity index (χ0) is 14.9. The summed E-state index contributed by atoms with van der Waals surface area (Å²) in [4.78, 5) is 4.79. The maximum atomic E-state index is 6.39. The smallest absolute Gasteiger partial charge is 0.128 e. The number of aromatic nitrogens is 2. The van der Waals surface area contributed by atoms with Crippen LogP contribution in [0.1, 0.15) is 51.9 Å². The molecule has 1 aromatic carbocycles. The Morgan fingerprint density at radius 2 is 1.85 bits per heavy atom. The zero-order valence-corrected chi connectivity index (χ0v) is 15.5. The van der Waals surface area contributed by atoms with Gasteiger partial charge in [-0.05, 0) is 58.5 Å². The van der Waals surface area contributed by atoms with E-state index in [0.717, 1.165) is 11.3 Å². The van der Waals surface area contributed by atoms with Crippen molar-refractivity contribution in [3.63, 3.8) is 0 Å². The van der Waals surface area contributed by atoms with Gasteiger partial charge in [-0.25, -0.2) is 4.98 Å². The van der Waals surface area contributed by atoms with Crippen LogP contribution in [0.3, 0.4) is 0 Å². The normalized spacial score (nSPS) is 22.1. The average molecular weight is 403 g/mol. The Balaban J connectivity index is 2.27. The van der Waals surface area contributed by atoms with Gasteiger partial charge in [-0.1, -0.05) is 27.7 Å². The molecule has 20 heavy (non-hydrogen) atoms. The molecule has 3 rings (SSSR count). The van der Waals surface area contributed by atoms with Crippen molar-refractivity contribution in [2.45, 2.75) is 46.0 Å². The van der Waals surface area contributed by atoms with Gasteiger partial charge in [-0.15, -0.1) is 11.6 Å². The summed E-state index contributed by atoms with van der Waals surface area (Å²) in [5.74, 6) is 0.993. The lowest BCUT2D eigenvalue weighted by Gasteiger charge is -2.12. The monoisotopic (exact) mass is 402 g/mol. The van der Waals surface area contributed by atoms with Gasteiger partial charge in [0.25, 0.3) is 0 Å². The van der Waals surface area contributed by atoms with Crippen molar-refractivity contribution < 1.29 is 0 Å². The molecule has 1 atom stereocenters. The van der Waals surface area contributed by atoms with Crippen LogP contribution in [-0.2, 0) is 0 Å². The van der Waals surface area contributed by atoms with Gasteiger partial charge in [-0.3, -0.25) is 0 Å². The first-order chi connectivity index (χ1) is 9.18. The van der Waals surface area contributed by atoms with E-state index in [1.807, 2.05) is 6.92 Å². The fourth-order valence-corrected chi connectivity index (χ4v) is 4.08. The highest BCUT2D eigenvalue weighted by Gasteiger charge is 2.66. The standard InChI is InChI=1S/C16H20ClIN2/c1-9(17)13-19-11-8-10(18)6-7-12(11)20(13)14-15(2,3)16(14,4)5/h6-9,14H,1-5H3. The van der Waals surface area contributed by atoms with Crippen LogP contribution in [-0.4, -0.2) is 9.55 Å². The summed E-state index contributed by atoms with van der Waals surface area (Å²) in [6.45, 7) is 11.3. The maximum absolute atomic E-state index is 6.39. The average Bonchev–Trinajstić information content (AvgIpc) is 2.64.